The molecule has 74 valence electrons. The van der Waals surface area contributed by atoms with Crippen molar-refractivity contribution in [2.24, 2.45) is 11.8 Å². The summed E-state index contributed by atoms with van der Waals surface area (Å²) < 4.78 is 0. The highest BCUT2D eigenvalue weighted by Crippen LogP contribution is 2.11. The summed E-state index contributed by atoms with van der Waals surface area (Å²) in [6, 6.07) is 12.0. The summed E-state index contributed by atoms with van der Waals surface area (Å²) in [7, 11) is 0. The topological polar surface area (TPSA) is 0 Å². The van der Waals surface area contributed by atoms with Crippen LogP contribution in [0, 0.1) is 11.8 Å². The van der Waals surface area contributed by atoms with Crippen LogP contribution in [0.2, 0.25) is 0 Å². The van der Waals surface area contributed by atoms with Gasteiger partial charge in [0.25, 0.3) is 0 Å². The summed E-state index contributed by atoms with van der Waals surface area (Å²) in [6.07, 6.45) is 1.32. The van der Waals surface area contributed by atoms with Crippen LogP contribution in [0.4, 0.5) is 0 Å². The molecule has 1 unspecified atom stereocenters. The summed E-state index contributed by atoms with van der Waals surface area (Å²) in [5.41, 5.74) is 0. The monoisotopic (exact) mass is 178 g/mol. The van der Waals surface area contributed by atoms with Crippen LogP contribution in [0.3, 0.4) is 0 Å². The van der Waals surface area contributed by atoms with Crippen molar-refractivity contribution >= 4 is 0 Å². The molecule has 0 aliphatic carbocycles. The third-order valence-electron chi connectivity index (χ3n) is 2.45. The highest BCUT2D eigenvalue weighted by atomic mass is 14.1. The average molecular weight is 178 g/mol. The molecule has 0 aliphatic rings. The lowest BCUT2D eigenvalue weighted by Gasteiger charge is -2.10. The molecule has 0 spiro atoms. The number of benzene rings is 1. The van der Waals surface area contributed by atoms with E-state index >= 15 is 0 Å². The Kier molecular flexibility index (Phi) is 7.38. The average Bonchev–Trinajstić information content (AvgIpc) is 2.20. The van der Waals surface area contributed by atoms with Crippen LogP contribution >= 0.6 is 0 Å². The maximum absolute atomic E-state index is 2.30. The van der Waals surface area contributed by atoms with Gasteiger partial charge in [-0.2, -0.15) is 0 Å². The molecule has 0 fully saturated rings. The van der Waals surface area contributed by atoms with E-state index in [1.807, 2.05) is 36.4 Å². The van der Waals surface area contributed by atoms with E-state index in [1.54, 1.807) is 0 Å². The Bertz CT molecular complexity index is 150. The SMILES string of the molecule is CCC(C)C(C)C.c1ccccc1. The van der Waals surface area contributed by atoms with Gasteiger partial charge in [-0.25, -0.2) is 0 Å². The highest BCUT2D eigenvalue weighted by molar-refractivity contribution is 4.99. The van der Waals surface area contributed by atoms with Gasteiger partial charge in [0.05, 0.1) is 0 Å². The molecule has 1 aromatic rings. The van der Waals surface area contributed by atoms with Gasteiger partial charge in [-0.1, -0.05) is 70.5 Å². The largest absolute Gasteiger partial charge is 0.0651 e. The lowest BCUT2D eigenvalue weighted by Crippen LogP contribution is -2.00. The maximum atomic E-state index is 2.30. The Hall–Kier alpha value is -0.780. The van der Waals surface area contributed by atoms with E-state index in [9.17, 15) is 0 Å². The quantitative estimate of drug-likeness (QED) is 0.630. The highest BCUT2D eigenvalue weighted by Gasteiger charge is 2.01. The van der Waals surface area contributed by atoms with Crippen LogP contribution in [0.15, 0.2) is 36.4 Å². The molecule has 0 amide bonds. The van der Waals surface area contributed by atoms with Crippen molar-refractivity contribution < 1.29 is 0 Å². The molecule has 1 atom stereocenters. The van der Waals surface area contributed by atoms with Crippen LogP contribution < -0.4 is 0 Å². The molecule has 0 aliphatic heterocycles. The van der Waals surface area contributed by atoms with Gasteiger partial charge in [-0.15, -0.1) is 0 Å². The zero-order valence-corrected chi connectivity index (χ0v) is 9.33. The molecular formula is C13H22. The molecule has 13 heavy (non-hydrogen) atoms. The minimum atomic E-state index is 0.866. The predicted octanol–water partition coefficient (Wildman–Crippen LogP) is 4.38. The van der Waals surface area contributed by atoms with Crippen LogP contribution in [0.5, 0.6) is 0 Å². The van der Waals surface area contributed by atoms with Gasteiger partial charge in [-0.3, -0.25) is 0 Å². The van der Waals surface area contributed by atoms with Crippen LogP contribution in [0.1, 0.15) is 34.1 Å². The molecule has 0 N–H and O–H groups in total. The first-order valence-electron chi connectivity index (χ1n) is 5.18. The first-order valence-corrected chi connectivity index (χ1v) is 5.18. The van der Waals surface area contributed by atoms with E-state index < -0.39 is 0 Å². The van der Waals surface area contributed by atoms with E-state index in [4.69, 9.17) is 0 Å². The lowest BCUT2D eigenvalue weighted by atomic mass is 9.96. The third kappa shape index (κ3) is 7.58. The van der Waals surface area contributed by atoms with Crippen molar-refractivity contribution in [2.45, 2.75) is 34.1 Å². The zero-order valence-electron chi connectivity index (χ0n) is 9.33. The van der Waals surface area contributed by atoms with Gasteiger partial charge < -0.3 is 0 Å². The molecule has 0 saturated carbocycles. The van der Waals surface area contributed by atoms with Gasteiger partial charge in [-0.05, 0) is 11.8 Å². The second-order valence-electron chi connectivity index (χ2n) is 3.78. The second-order valence-corrected chi connectivity index (χ2v) is 3.78. The van der Waals surface area contributed by atoms with E-state index in [0.717, 1.165) is 11.8 Å². The fraction of sp³-hybridized carbons (Fsp3) is 0.538. The molecule has 0 heterocycles. The minimum absolute atomic E-state index is 0.866. The molecule has 0 heteroatoms. The predicted molar refractivity (Wildman–Crippen MR) is 60.7 cm³/mol. The van der Waals surface area contributed by atoms with Gasteiger partial charge in [0.1, 0.15) is 0 Å². The fourth-order valence-electron chi connectivity index (χ4n) is 0.856. The van der Waals surface area contributed by atoms with Crippen molar-refractivity contribution in [2.75, 3.05) is 0 Å². The Morgan fingerprint density at radius 2 is 1.08 bits per heavy atom. The van der Waals surface area contributed by atoms with E-state index in [-0.39, 0.29) is 0 Å². The number of hydrogen-bond acceptors (Lipinski definition) is 0. The molecule has 0 nitrogen and oxygen atoms in total. The smallest absolute Gasteiger partial charge is 0.0422 e. The Morgan fingerprint density at radius 1 is 0.769 bits per heavy atom. The van der Waals surface area contributed by atoms with E-state index in [2.05, 4.69) is 27.7 Å². The standard InChI is InChI=1S/C7H16.C6H6/c1-5-7(4)6(2)3;1-2-4-6-5-3-1/h6-7H,5H2,1-4H3;1-6H. The van der Waals surface area contributed by atoms with Gasteiger partial charge in [0.15, 0.2) is 0 Å². The molecule has 0 aromatic heterocycles. The summed E-state index contributed by atoms with van der Waals surface area (Å²) in [5, 5.41) is 0. The normalized spacial score (nSPS) is 11.8. The maximum Gasteiger partial charge on any atom is -0.0422 e. The summed E-state index contributed by atoms with van der Waals surface area (Å²) in [4.78, 5) is 0. The summed E-state index contributed by atoms with van der Waals surface area (Å²) >= 11 is 0. The number of rotatable bonds is 2. The molecule has 1 aromatic carbocycles. The third-order valence-corrected chi connectivity index (χ3v) is 2.45. The summed E-state index contributed by atoms with van der Waals surface area (Å²) in [5.74, 6) is 1.77. The fourth-order valence-corrected chi connectivity index (χ4v) is 0.856. The van der Waals surface area contributed by atoms with Crippen molar-refractivity contribution in [1.29, 1.82) is 0 Å². The summed E-state index contributed by atoms with van der Waals surface area (Å²) in [6.45, 7) is 9.08. The van der Waals surface area contributed by atoms with E-state index in [1.165, 1.54) is 6.42 Å². The van der Waals surface area contributed by atoms with Gasteiger partial charge in [0, 0.05) is 0 Å². The van der Waals surface area contributed by atoms with Crippen LogP contribution in [-0.2, 0) is 0 Å². The van der Waals surface area contributed by atoms with Crippen molar-refractivity contribution in [3.05, 3.63) is 36.4 Å². The molecule has 0 radical (unpaired) electrons. The molecule has 0 saturated heterocycles. The lowest BCUT2D eigenvalue weighted by molar-refractivity contribution is 0.407. The van der Waals surface area contributed by atoms with Gasteiger partial charge in [0.2, 0.25) is 0 Å². The Morgan fingerprint density at radius 3 is 1.15 bits per heavy atom. The second kappa shape index (κ2) is 7.85. The van der Waals surface area contributed by atoms with Crippen molar-refractivity contribution in [3.8, 4) is 0 Å². The first-order chi connectivity index (χ1) is 6.18. The van der Waals surface area contributed by atoms with Gasteiger partial charge >= 0.3 is 0 Å². The molecular weight excluding hydrogens is 156 g/mol. The minimum Gasteiger partial charge on any atom is -0.0651 e. The van der Waals surface area contributed by atoms with Crippen LogP contribution in [-0.4, -0.2) is 0 Å². The van der Waals surface area contributed by atoms with Crippen molar-refractivity contribution in [3.63, 3.8) is 0 Å². The van der Waals surface area contributed by atoms with E-state index in [0.29, 0.717) is 0 Å². The van der Waals surface area contributed by atoms with Crippen molar-refractivity contribution in [1.82, 2.24) is 0 Å². The number of hydrogen-bond donors (Lipinski definition) is 0. The Labute approximate surface area is 83.0 Å². The van der Waals surface area contributed by atoms with Crippen LogP contribution in [0.25, 0.3) is 0 Å². The molecule has 0 bridgehead atoms. The Balaban J connectivity index is 0.000000223. The zero-order chi connectivity index (χ0) is 10.1. The first kappa shape index (κ1) is 12.2. The molecule has 1 rings (SSSR count).